The van der Waals surface area contributed by atoms with Gasteiger partial charge in [0.05, 0.1) is 12.2 Å². The number of allylic oxidation sites excluding steroid dienone is 1. The van der Waals surface area contributed by atoms with Crippen LogP contribution in [-0.4, -0.2) is 35.0 Å². The van der Waals surface area contributed by atoms with Crippen LogP contribution in [0.2, 0.25) is 0 Å². The topological polar surface area (TPSA) is 66.8 Å². The van der Waals surface area contributed by atoms with Gasteiger partial charge in [-0.3, -0.25) is 4.79 Å². The summed E-state index contributed by atoms with van der Waals surface area (Å²) >= 11 is 0. The van der Waals surface area contributed by atoms with Crippen molar-refractivity contribution in [1.82, 2.24) is 0 Å². The van der Waals surface area contributed by atoms with Crippen LogP contribution in [0.15, 0.2) is 11.6 Å². The maximum absolute atomic E-state index is 11.1. The highest BCUT2D eigenvalue weighted by atomic mass is 16.5. The SMILES string of the molecule is CC(=O)OC[C@H](O)[C@]1(C)C=C2CC[C@@H]3C(C)(C)[C@H](O)CC[C@@]3(C)[C@@H]2CC1. The molecule has 0 radical (unpaired) electrons. The Balaban J connectivity index is 1.83. The van der Waals surface area contributed by atoms with Crippen LogP contribution in [0, 0.1) is 28.1 Å². The predicted octanol–water partition coefficient (Wildman–Crippen LogP) is 3.85. The first kappa shape index (κ1) is 19.9. The molecule has 3 aliphatic carbocycles. The van der Waals surface area contributed by atoms with Crippen LogP contribution < -0.4 is 0 Å². The third kappa shape index (κ3) is 3.13. The number of carbonyl (C=O) groups excluding carboxylic acids is 1. The maximum Gasteiger partial charge on any atom is 0.302 e. The summed E-state index contributed by atoms with van der Waals surface area (Å²) < 4.78 is 5.06. The van der Waals surface area contributed by atoms with Crippen molar-refractivity contribution in [3.05, 3.63) is 11.6 Å². The van der Waals surface area contributed by atoms with Gasteiger partial charge in [-0.2, -0.15) is 0 Å². The van der Waals surface area contributed by atoms with Crippen molar-refractivity contribution >= 4 is 5.97 Å². The van der Waals surface area contributed by atoms with Gasteiger partial charge in [0.1, 0.15) is 6.61 Å². The third-order valence-electron chi connectivity index (χ3n) is 8.17. The van der Waals surface area contributed by atoms with Gasteiger partial charge in [-0.05, 0) is 61.2 Å². The van der Waals surface area contributed by atoms with Crippen LogP contribution in [0.1, 0.15) is 73.1 Å². The van der Waals surface area contributed by atoms with Crippen molar-refractivity contribution in [1.29, 1.82) is 0 Å². The van der Waals surface area contributed by atoms with E-state index >= 15 is 0 Å². The number of esters is 1. The van der Waals surface area contributed by atoms with E-state index in [-0.39, 0.29) is 34.9 Å². The highest BCUT2D eigenvalue weighted by molar-refractivity contribution is 5.65. The number of hydrogen-bond acceptors (Lipinski definition) is 4. The lowest BCUT2D eigenvalue weighted by Gasteiger charge is -2.61. The van der Waals surface area contributed by atoms with Gasteiger partial charge in [-0.15, -0.1) is 0 Å². The van der Waals surface area contributed by atoms with E-state index in [0.717, 1.165) is 38.5 Å². The number of ether oxygens (including phenoxy) is 1. The zero-order chi connectivity index (χ0) is 19.3. The van der Waals surface area contributed by atoms with Gasteiger partial charge in [0.25, 0.3) is 0 Å². The molecule has 2 fully saturated rings. The molecule has 0 aromatic rings. The van der Waals surface area contributed by atoms with Gasteiger partial charge in [-0.1, -0.05) is 39.3 Å². The molecule has 2 N–H and O–H groups in total. The molecule has 3 rings (SSSR count). The zero-order valence-electron chi connectivity index (χ0n) is 17.0. The molecule has 0 aromatic carbocycles. The van der Waals surface area contributed by atoms with Crippen molar-refractivity contribution in [3.63, 3.8) is 0 Å². The van der Waals surface area contributed by atoms with Crippen LogP contribution in [-0.2, 0) is 9.53 Å². The highest BCUT2D eigenvalue weighted by Gasteiger charge is 2.57. The number of aliphatic hydroxyl groups excluding tert-OH is 2. The van der Waals surface area contributed by atoms with E-state index in [1.807, 2.05) is 0 Å². The molecule has 0 saturated heterocycles. The van der Waals surface area contributed by atoms with E-state index < -0.39 is 6.10 Å². The number of hydrogen-bond donors (Lipinski definition) is 2. The number of fused-ring (bicyclic) bond motifs is 3. The Kier molecular flexibility index (Phi) is 5.07. The predicted molar refractivity (Wildman–Crippen MR) is 101 cm³/mol. The standard InChI is InChI=1S/C22H36O4/c1-14(23)26-13-19(25)21(4)10-8-16-15(12-21)6-7-17-20(2,3)18(24)9-11-22(16,17)5/h12,16-19,24-25H,6-11,13H2,1-5H3/t16-,17-,18-,19+,21+,22+/m1/s1. The van der Waals surface area contributed by atoms with E-state index in [9.17, 15) is 15.0 Å². The number of rotatable bonds is 3. The molecule has 0 spiro atoms. The first-order valence-corrected chi connectivity index (χ1v) is 10.2. The second kappa shape index (κ2) is 6.63. The summed E-state index contributed by atoms with van der Waals surface area (Å²) in [6.45, 7) is 10.5. The van der Waals surface area contributed by atoms with Gasteiger partial charge < -0.3 is 14.9 Å². The van der Waals surface area contributed by atoms with Crippen LogP contribution >= 0.6 is 0 Å². The van der Waals surface area contributed by atoms with E-state index in [0.29, 0.717) is 11.8 Å². The first-order chi connectivity index (χ1) is 12.0. The van der Waals surface area contributed by atoms with Crippen LogP contribution in [0.25, 0.3) is 0 Å². The van der Waals surface area contributed by atoms with E-state index in [1.54, 1.807) is 0 Å². The minimum absolute atomic E-state index is 0.0336. The fourth-order valence-corrected chi connectivity index (χ4v) is 6.39. The van der Waals surface area contributed by atoms with Crippen LogP contribution in [0.5, 0.6) is 0 Å². The van der Waals surface area contributed by atoms with Gasteiger partial charge >= 0.3 is 5.97 Å². The Bertz CT molecular complexity index is 595. The molecule has 26 heavy (non-hydrogen) atoms. The van der Waals surface area contributed by atoms with E-state index in [1.165, 1.54) is 12.5 Å². The van der Waals surface area contributed by atoms with Gasteiger partial charge in [-0.25, -0.2) is 0 Å². The lowest BCUT2D eigenvalue weighted by atomic mass is 9.45. The molecule has 0 heterocycles. The highest BCUT2D eigenvalue weighted by Crippen LogP contribution is 2.63. The Morgan fingerprint density at radius 1 is 1.23 bits per heavy atom. The molecule has 3 aliphatic rings. The molecule has 4 heteroatoms. The molecule has 0 amide bonds. The average Bonchev–Trinajstić information content (AvgIpc) is 2.56. The Labute approximate surface area is 158 Å². The molecular weight excluding hydrogens is 328 g/mol. The monoisotopic (exact) mass is 364 g/mol. The molecule has 0 unspecified atom stereocenters. The molecule has 2 saturated carbocycles. The summed E-state index contributed by atoms with van der Waals surface area (Å²) in [5.41, 5.74) is 1.35. The van der Waals surface area contributed by atoms with Gasteiger partial charge in [0, 0.05) is 12.3 Å². The molecule has 0 aromatic heterocycles. The normalized spacial score (nSPS) is 42.9. The van der Waals surface area contributed by atoms with Crippen LogP contribution in [0.4, 0.5) is 0 Å². The zero-order valence-corrected chi connectivity index (χ0v) is 17.0. The van der Waals surface area contributed by atoms with E-state index in [2.05, 4.69) is 33.8 Å². The van der Waals surface area contributed by atoms with E-state index in [4.69, 9.17) is 4.74 Å². The molecule has 6 atom stereocenters. The largest absolute Gasteiger partial charge is 0.463 e. The molecule has 4 nitrogen and oxygen atoms in total. The fourth-order valence-electron chi connectivity index (χ4n) is 6.39. The minimum Gasteiger partial charge on any atom is -0.463 e. The summed E-state index contributed by atoms with van der Waals surface area (Å²) in [4.78, 5) is 11.1. The van der Waals surface area contributed by atoms with Crippen molar-refractivity contribution in [2.24, 2.45) is 28.1 Å². The molecule has 148 valence electrons. The first-order valence-electron chi connectivity index (χ1n) is 10.2. The minimum atomic E-state index is -0.657. The molecule has 0 aliphatic heterocycles. The Hall–Kier alpha value is -0.870. The molecule has 0 bridgehead atoms. The number of aliphatic hydroxyl groups is 2. The summed E-state index contributed by atoms with van der Waals surface area (Å²) in [5, 5.41) is 21.2. The summed E-state index contributed by atoms with van der Waals surface area (Å²) in [7, 11) is 0. The second-order valence-electron chi connectivity index (χ2n) is 10.1. The van der Waals surface area contributed by atoms with Crippen molar-refractivity contribution in [2.45, 2.75) is 85.4 Å². The quantitative estimate of drug-likeness (QED) is 0.590. The summed E-state index contributed by atoms with van der Waals surface area (Å²) in [6.07, 6.45) is 7.55. The average molecular weight is 365 g/mol. The van der Waals surface area contributed by atoms with Crippen molar-refractivity contribution in [2.75, 3.05) is 6.61 Å². The smallest absolute Gasteiger partial charge is 0.302 e. The van der Waals surface area contributed by atoms with Gasteiger partial charge in [0.15, 0.2) is 0 Å². The molecular formula is C22H36O4. The van der Waals surface area contributed by atoms with Crippen LogP contribution in [0.3, 0.4) is 0 Å². The van der Waals surface area contributed by atoms with Crippen molar-refractivity contribution < 1.29 is 19.7 Å². The lowest BCUT2D eigenvalue weighted by molar-refractivity contribution is -0.147. The third-order valence-corrected chi connectivity index (χ3v) is 8.17. The fraction of sp³-hybridized carbons (Fsp3) is 0.864. The summed E-state index contributed by atoms with van der Waals surface area (Å²) in [5.74, 6) is 0.739. The Morgan fingerprint density at radius 3 is 2.58 bits per heavy atom. The number of carbonyl (C=O) groups is 1. The van der Waals surface area contributed by atoms with Gasteiger partial charge in [0.2, 0.25) is 0 Å². The van der Waals surface area contributed by atoms with Crippen molar-refractivity contribution in [3.8, 4) is 0 Å². The Morgan fingerprint density at radius 2 is 1.92 bits per heavy atom. The second-order valence-corrected chi connectivity index (χ2v) is 10.1. The lowest BCUT2D eigenvalue weighted by Crippen LogP contribution is -2.55. The maximum atomic E-state index is 11.1. The summed E-state index contributed by atoms with van der Waals surface area (Å²) in [6, 6.07) is 0.